The lowest BCUT2D eigenvalue weighted by Crippen LogP contribution is -2.32. The molecule has 0 aliphatic heterocycles. The zero-order valence-electron chi connectivity index (χ0n) is 12.9. The molecular weight excluding hydrogens is 256 g/mol. The van der Waals surface area contributed by atoms with Gasteiger partial charge in [0.05, 0.1) is 6.54 Å². The SMILES string of the molecule is CCCCn1c[n+](Cc2ccc(C)cc2)c2ccccc21. The number of nitrogens with zero attached hydrogens (tertiary/aromatic N) is 2. The van der Waals surface area contributed by atoms with Gasteiger partial charge in [0.2, 0.25) is 6.33 Å². The van der Waals surface area contributed by atoms with Crippen LogP contribution in [0.2, 0.25) is 0 Å². The van der Waals surface area contributed by atoms with E-state index in [4.69, 9.17) is 0 Å². The first-order valence-corrected chi connectivity index (χ1v) is 7.81. The lowest BCUT2D eigenvalue weighted by Gasteiger charge is -1.99. The first-order valence-electron chi connectivity index (χ1n) is 7.81. The van der Waals surface area contributed by atoms with Gasteiger partial charge in [-0.05, 0) is 31.0 Å². The van der Waals surface area contributed by atoms with E-state index in [-0.39, 0.29) is 0 Å². The Morgan fingerprint density at radius 3 is 2.52 bits per heavy atom. The molecule has 1 heterocycles. The highest BCUT2D eigenvalue weighted by Crippen LogP contribution is 2.13. The Morgan fingerprint density at radius 1 is 1.00 bits per heavy atom. The summed E-state index contributed by atoms with van der Waals surface area (Å²) >= 11 is 0. The molecule has 0 saturated carbocycles. The summed E-state index contributed by atoms with van der Waals surface area (Å²) in [5.74, 6) is 0. The van der Waals surface area contributed by atoms with Crippen LogP contribution in [-0.2, 0) is 13.1 Å². The van der Waals surface area contributed by atoms with E-state index in [9.17, 15) is 0 Å². The zero-order chi connectivity index (χ0) is 14.7. The van der Waals surface area contributed by atoms with Gasteiger partial charge in [-0.1, -0.05) is 55.3 Å². The van der Waals surface area contributed by atoms with Crippen LogP contribution in [-0.4, -0.2) is 4.57 Å². The first-order chi connectivity index (χ1) is 10.3. The predicted molar refractivity (Wildman–Crippen MR) is 87.3 cm³/mol. The Hall–Kier alpha value is -2.09. The lowest BCUT2D eigenvalue weighted by atomic mass is 10.1. The number of hydrogen-bond acceptors (Lipinski definition) is 0. The molecule has 2 nitrogen and oxygen atoms in total. The van der Waals surface area contributed by atoms with Gasteiger partial charge in [0, 0.05) is 0 Å². The van der Waals surface area contributed by atoms with E-state index < -0.39 is 0 Å². The number of para-hydroxylation sites is 2. The van der Waals surface area contributed by atoms with Crippen molar-refractivity contribution in [3.63, 3.8) is 0 Å². The topological polar surface area (TPSA) is 8.81 Å². The van der Waals surface area contributed by atoms with Gasteiger partial charge >= 0.3 is 0 Å². The minimum Gasteiger partial charge on any atom is -0.230 e. The molecule has 0 fully saturated rings. The summed E-state index contributed by atoms with van der Waals surface area (Å²) in [5.41, 5.74) is 5.31. The summed E-state index contributed by atoms with van der Waals surface area (Å²) in [5, 5.41) is 0. The van der Waals surface area contributed by atoms with Crippen LogP contribution in [0, 0.1) is 6.92 Å². The quantitative estimate of drug-likeness (QED) is 0.622. The molecule has 0 amide bonds. The van der Waals surface area contributed by atoms with Crippen LogP contribution >= 0.6 is 0 Å². The third kappa shape index (κ3) is 2.99. The van der Waals surface area contributed by atoms with E-state index in [1.54, 1.807) is 0 Å². The van der Waals surface area contributed by atoms with Crippen LogP contribution in [0.1, 0.15) is 30.9 Å². The Kier molecular flexibility index (Phi) is 4.05. The van der Waals surface area contributed by atoms with Gasteiger partial charge in [-0.15, -0.1) is 0 Å². The van der Waals surface area contributed by atoms with Crippen LogP contribution < -0.4 is 4.57 Å². The maximum atomic E-state index is 2.38. The second-order valence-corrected chi connectivity index (χ2v) is 5.76. The van der Waals surface area contributed by atoms with E-state index in [0.717, 1.165) is 13.1 Å². The normalized spacial score (nSPS) is 11.1. The fourth-order valence-corrected chi connectivity index (χ4v) is 2.77. The predicted octanol–water partition coefficient (Wildman–Crippen LogP) is 4.09. The molecule has 3 rings (SSSR count). The van der Waals surface area contributed by atoms with Gasteiger partial charge in [0.25, 0.3) is 0 Å². The molecule has 0 unspecified atom stereocenters. The smallest absolute Gasteiger partial charge is 0.230 e. The summed E-state index contributed by atoms with van der Waals surface area (Å²) in [6.45, 7) is 6.40. The molecule has 2 aromatic carbocycles. The van der Waals surface area contributed by atoms with Gasteiger partial charge in [-0.2, -0.15) is 0 Å². The minimum atomic E-state index is 0.930. The van der Waals surface area contributed by atoms with Crippen LogP contribution in [0.25, 0.3) is 11.0 Å². The fraction of sp³-hybridized carbons (Fsp3) is 0.316. The summed E-state index contributed by atoms with van der Waals surface area (Å²) in [7, 11) is 0. The Bertz CT molecular complexity index is 723. The largest absolute Gasteiger partial charge is 0.245 e. The van der Waals surface area contributed by atoms with E-state index in [2.05, 4.69) is 77.8 Å². The molecule has 0 radical (unpaired) electrons. The Morgan fingerprint density at radius 2 is 1.76 bits per heavy atom. The third-order valence-corrected chi connectivity index (χ3v) is 4.01. The van der Waals surface area contributed by atoms with Gasteiger partial charge < -0.3 is 0 Å². The summed E-state index contributed by atoms with van der Waals surface area (Å²) < 4.78 is 4.74. The molecule has 21 heavy (non-hydrogen) atoms. The third-order valence-electron chi connectivity index (χ3n) is 4.01. The van der Waals surface area contributed by atoms with Crippen molar-refractivity contribution in [2.45, 2.75) is 39.8 Å². The molecule has 2 heteroatoms. The Labute approximate surface area is 126 Å². The molecule has 0 aliphatic rings. The van der Waals surface area contributed by atoms with Crippen molar-refractivity contribution < 1.29 is 4.57 Å². The lowest BCUT2D eigenvalue weighted by molar-refractivity contribution is -0.663. The average Bonchev–Trinajstić information content (AvgIpc) is 2.86. The van der Waals surface area contributed by atoms with Crippen LogP contribution in [0.15, 0.2) is 54.9 Å². The Balaban J connectivity index is 1.96. The highest BCUT2D eigenvalue weighted by molar-refractivity contribution is 5.71. The van der Waals surface area contributed by atoms with E-state index in [0.29, 0.717) is 0 Å². The van der Waals surface area contributed by atoms with Crippen molar-refractivity contribution in [2.24, 2.45) is 0 Å². The molecule has 0 atom stereocenters. The average molecular weight is 279 g/mol. The molecule has 0 spiro atoms. The van der Waals surface area contributed by atoms with Gasteiger partial charge in [-0.25, -0.2) is 9.13 Å². The molecular formula is C19H23N2+. The maximum Gasteiger partial charge on any atom is 0.245 e. The van der Waals surface area contributed by atoms with Crippen molar-refractivity contribution >= 4 is 11.0 Å². The second kappa shape index (κ2) is 6.13. The fourth-order valence-electron chi connectivity index (χ4n) is 2.77. The highest BCUT2D eigenvalue weighted by Gasteiger charge is 2.14. The standard InChI is InChI=1S/C19H23N2/c1-3-4-13-20-15-21(19-8-6-5-7-18(19)20)14-17-11-9-16(2)10-12-17/h5-12,15H,3-4,13-14H2,1-2H3/q+1. The molecule has 108 valence electrons. The number of imidazole rings is 1. The van der Waals surface area contributed by atoms with Gasteiger partial charge in [0.1, 0.15) is 6.54 Å². The number of hydrogen-bond donors (Lipinski definition) is 0. The minimum absolute atomic E-state index is 0.930. The van der Waals surface area contributed by atoms with Crippen molar-refractivity contribution in [1.82, 2.24) is 4.57 Å². The number of benzene rings is 2. The summed E-state index contributed by atoms with van der Waals surface area (Å²) in [6, 6.07) is 17.5. The van der Waals surface area contributed by atoms with Gasteiger partial charge in [-0.3, -0.25) is 0 Å². The van der Waals surface area contributed by atoms with E-state index >= 15 is 0 Å². The van der Waals surface area contributed by atoms with Crippen LogP contribution in [0.5, 0.6) is 0 Å². The molecule has 0 bridgehead atoms. The summed E-state index contributed by atoms with van der Waals surface area (Å²) in [4.78, 5) is 0. The molecule has 0 aliphatic carbocycles. The number of rotatable bonds is 5. The van der Waals surface area contributed by atoms with Gasteiger partial charge in [0.15, 0.2) is 11.0 Å². The van der Waals surface area contributed by atoms with Crippen molar-refractivity contribution in [3.8, 4) is 0 Å². The van der Waals surface area contributed by atoms with Crippen LogP contribution in [0.3, 0.4) is 0 Å². The number of aryl methyl sites for hydroxylation is 2. The van der Waals surface area contributed by atoms with Crippen molar-refractivity contribution in [3.05, 3.63) is 66.0 Å². The monoisotopic (exact) mass is 279 g/mol. The number of unbranched alkanes of at least 4 members (excludes halogenated alkanes) is 1. The maximum absolute atomic E-state index is 2.38. The van der Waals surface area contributed by atoms with Crippen LogP contribution in [0.4, 0.5) is 0 Å². The summed E-state index contributed by atoms with van der Waals surface area (Å²) in [6.07, 6.45) is 4.72. The number of aromatic nitrogens is 2. The highest BCUT2D eigenvalue weighted by atomic mass is 15.1. The molecule has 3 aromatic rings. The first kappa shape index (κ1) is 13.9. The molecule has 0 N–H and O–H groups in total. The van der Waals surface area contributed by atoms with Crippen molar-refractivity contribution in [1.29, 1.82) is 0 Å². The van der Waals surface area contributed by atoms with E-state index in [1.807, 2.05) is 0 Å². The molecule has 1 aromatic heterocycles. The molecule has 0 saturated heterocycles. The zero-order valence-corrected chi connectivity index (χ0v) is 12.9. The number of fused-ring (bicyclic) bond motifs is 1. The van der Waals surface area contributed by atoms with E-state index in [1.165, 1.54) is 35.0 Å². The second-order valence-electron chi connectivity index (χ2n) is 5.76. The van der Waals surface area contributed by atoms with Crippen molar-refractivity contribution in [2.75, 3.05) is 0 Å².